The highest BCUT2D eigenvalue weighted by atomic mass is 31.2. The first-order chi connectivity index (χ1) is 20.8. The van der Waals surface area contributed by atoms with E-state index in [0.29, 0.717) is 33.0 Å². The van der Waals surface area contributed by atoms with E-state index < -0.39 is 8.60 Å². The van der Waals surface area contributed by atoms with Crippen LogP contribution in [0.5, 0.6) is 11.5 Å². The fourth-order valence-corrected chi connectivity index (χ4v) is 4.80. The number of ether oxygens (including phenoxy) is 2. The highest BCUT2D eigenvalue weighted by Gasteiger charge is 2.22. The molecule has 2 aliphatic heterocycles. The molecule has 0 spiro atoms. The fraction of sp³-hybridized carbons (Fsp3) is 0.788. The molecule has 1 saturated heterocycles. The molecule has 2 heterocycles. The largest absolute Gasteiger partial charge is 0.486 e. The molecule has 1 aromatic carbocycles. The molecule has 10 heteroatoms. The number of carbonyl (C=O) groups excluding carboxylic acids is 1. The highest BCUT2D eigenvalue weighted by molar-refractivity contribution is 7.41. The summed E-state index contributed by atoms with van der Waals surface area (Å²) in [6.07, 6.45) is 10.5. The molecule has 2 N–H and O–H groups in total. The Labute approximate surface area is 265 Å². The van der Waals surface area contributed by atoms with Crippen molar-refractivity contribution >= 4 is 14.9 Å². The summed E-state index contributed by atoms with van der Waals surface area (Å²) in [6.45, 7) is 19.0. The van der Waals surface area contributed by atoms with Crippen molar-refractivity contribution < 1.29 is 32.9 Å². The Balaban J connectivity index is 0. The number of benzene rings is 1. The summed E-state index contributed by atoms with van der Waals surface area (Å²) < 4.78 is 28.3. The van der Waals surface area contributed by atoms with Crippen LogP contribution >= 0.6 is 8.60 Å². The predicted molar refractivity (Wildman–Crippen MR) is 180 cm³/mol. The molecule has 2 aliphatic rings. The number of carbonyl (C=O) groups is 1. The number of nitrogens with one attached hydrogen (secondary N) is 1. The second-order valence-electron chi connectivity index (χ2n) is 10.1. The molecule has 1 fully saturated rings. The lowest BCUT2D eigenvalue weighted by atomic mass is 10.1. The first-order valence-corrected chi connectivity index (χ1v) is 17.5. The number of hydrogen-bond donors (Lipinski definition) is 2. The van der Waals surface area contributed by atoms with Crippen molar-refractivity contribution in [2.75, 3.05) is 60.2 Å². The molecule has 0 bridgehead atoms. The number of unbranched alkanes of at least 4 members (excludes halogenated alkanes) is 5. The Morgan fingerprint density at radius 1 is 0.977 bits per heavy atom. The molecule has 254 valence electrons. The predicted octanol–water partition coefficient (Wildman–Crippen LogP) is 7.71. The van der Waals surface area contributed by atoms with Crippen LogP contribution in [-0.2, 0) is 18.4 Å². The van der Waals surface area contributed by atoms with E-state index in [9.17, 15) is 4.79 Å². The first kappa shape index (κ1) is 43.8. The molecule has 0 aromatic heterocycles. The van der Waals surface area contributed by atoms with E-state index in [4.69, 9.17) is 28.2 Å². The Morgan fingerprint density at radius 2 is 1.53 bits per heavy atom. The van der Waals surface area contributed by atoms with Crippen LogP contribution in [0, 0.1) is 0 Å². The fourth-order valence-electron chi connectivity index (χ4n) is 3.78. The summed E-state index contributed by atoms with van der Waals surface area (Å²) in [7, 11) is 2.70. The topological polar surface area (TPSA) is 98.7 Å². The number of aldehydes is 1. The van der Waals surface area contributed by atoms with Crippen LogP contribution in [0.15, 0.2) is 18.2 Å². The van der Waals surface area contributed by atoms with Gasteiger partial charge in [0.25, 0.3) is 0 Å². The third kappa shape index (κ3) is 25.7. The van der Waals surface area contributed by atoms with Crippen molar-refractivity contribution in [2.45, 2.75) is 112 Å². The molecular formula is C33H65N2O7P. The van der Waals surface area contributed by atoms with Crippen molar-refractivity contribution in [2.24, 2.45) is 0 Å². The average molecular weight is 633 g/mol. The van der Waals surface area contributed by atoms with Crippen LogP contribution in [0.4, 0.5) is 0 Å². The molecule has 0 aliphatic carbocycles. The summed E-state index contributed by atoms with van der Waals surface area (Å²) in [4.78, 5) is 12.2. The molecule has 1 aromatic rings. The molecule has 1 unspecified atom stereocenters. The maximum atomic E-state index is 9.84. The lowest BCUT2D eigenvalue weighted by Gasteiger charge is -2.24. The van der Waals surface area contributed by atoms with Crippen molar-refractivity contribution in [1.82, 2.24) is 10.2 Å². The van der Waals surface area contributed by atoms with Gasteiger partial charge < -0.3 is 43.2 Å². The Kier molecular flexibility index (Phi) is 32.7. The standard InChI is InChI=1S/C15H24NO5P.C8H16O.C5H11N.C3H8O.C2H6/c1-4-19-22(20-5-2)21-15(11-16-3)12-6-7-13-14(10-12)18-9-8-17-13;1-2-3-4-5-6-7-8-9;1-6-4-2-3-5-6;1-3(2)4;1-2/h6-7,10,15-16H,4-5,8-9,11H2,1-3H3;8H,2-7H2,1H3;2-5H2,1H3;3-4H,1-2H3;1-2H3. The molecule has 9 nitrogen and oxygen atoms in total. The highest BCUT2D eigenvalue weighted by Crippen LogP contribution is 2.45. The van der Waals surface area contributed by atoms with E-state index in [-0.39, 0.29) is 12.2 Å². The smallest absolute Gasteiger partial charge is 0.333 e. The average Bonchev–Trinajstić information content (AvgIpc) is 3.49. The molecule has 0 saturated carbocycles. The molecule has 0 radical (unpaired) electrons. The molecule has 0 amide bonds. The van der Waals surface area contributed by atoms with Gasteiger partial charge in [0.05, 0.1) is 13.2 Å². The minimum Gasteiger partial charge on any atom is -0.486 e. The zero-order valence-electron chi connectivity index (χ0n) is 28.9. The van der Waals surface area contributed by atoms with Crippen LogP contribution in [0.25, 0.3) is 0 Å². The zero-order valence-corrected chi connectivity index (χ0v) is 29.8. The SMILES string of the molecule is CC.CC(C)O.CCCCCCCC=O.CCOP(OCC)OC(CNC)c1ccc2c(c1)OCCO2.CN1CCCC1. The van der Waals surface area contributed by atoms with Gasteiger partial charge in [0.2, 0.25) is 0 Å². The number of aliphatic hydroxyl groups is 1. The van der Waals surface area contributed by atoms with Crippen LogP contribution < -0.4 is 14.8 Å². The van der Waals surface area contributed by atoms with E-state index in [2.05, 4.69) is 24.2 Å². The maximum absolute atomic E-state index is 9.84. The first-order valence-electron chi connectivity index (χ1n) is 16.4. The summed E-state index contributed by atoms with van der Waals surface area (Å²) in [5.74, 6) is 1.53. The minimum atomic E-state index is -1.36. The third-order valence-corrected chi connectivity index (χ3v) is 7.13. The van der Waals surface area contributed by atoms with Gasteiger partial charge in [0, 0.05) is 19.1 Å². The third-order valence-electron chi connectivity index (χ3n) is 5.77. The number of likely N-dealkylation sites (tertiary alicyclic amines) is 1. The second-order valence-corrected chi connectivity index (χ2v) is 11.3. The number of aliphatic hydroxyl groups excluding tert-OH is 1. The van der Waals surface area contributed by atoms with Crippen LogP contribution in [0.2, 0.25) is 0 Å². The van der Waals surface area contributed by atoms with Crippen molar-refractivity contribution in [3.05, 3.63) is 23.8 Å². The number of fused-ring (bicyclic) bond motifs is 1. The lowest BCUT2D eigenvalue weighted by molar-refractivity contribution is -0.107. The van der Waals surface area contributed by atoms with Crippen LogP contribution in [-0.4, -0.2) is 82.6 Å². The van der Waals surface area contributed by atoms with Crippen molar-refractivity contribution in [3.63, 3.8) is 0 Å². The Bertz CT molecular complexity index is 728. The van der Waals surface area contributed by atoms with E-state index in [1.165, 1.54) is 51.6 Å². The number of rotatable bonds is 15. The van der Waals surface area contributed by atoms with E-state index in [1.54, 1.807) is 13.8 Å². The summed E-state index contributed by atoms with van der Waals surface area (Å²) in [6, 6.07) is 5.86. The molecule has 1 atom stereocenters. The van der Waals surface area contributed by atoms with E-state index >= 15 is 0 Å². The maximum Gasteiger partial charge on any atom is 0.333 e. The zero-order chi connectivity index (χ0) is 32.7. The van der Waals surface area contributed by atoms with Gasteiger partial charge in [-0.2, -0.15) is 0 Å². The van der Waals surface area contributed by atoms with E-state index in [0.717, 1.165) is 36.2 Å². The van der Waals surface area contributed by atoms with Gasteiger partial charge in [-0.25, -0.2) is 0 Å². The van der Waals surface area contributed by atoms with Gasteiger partial charge in [-0.3, -0.25) is 0 Å². The molecule has 43 heavy (non-hydrogen) atoms. The Hall–Kier alpha value is -1.32. The number of nitrogens with zero attached hydrogens (tertiary/aromatic N) is 1. The van der Waals surface area contributed by atoms with Gasteiger partial charge in [0.15, 0.2) is 11.5 Å². The van der Waals surface area contributed by atoms with Crippen LogP contribution in [0.1, 0.15) is 112 Å². The van der Waals surface area contributed by atoms with Gasteiger partial charge in [-0.05, 0) is 91.8 Å². The quantitative estimate of drug-likeness (QED) is 0.114. The van der Waals surface area contributed by atoms with Crippen molar-refractivity contribution in [3.8, 4) is 11.5 Å². The van der Waals surface area contributed by atoms with E-state index in [1.807, 2.05) is 52.9 Å². The number of hydrogen-bond acceptors (Lipinski definition) is 9. The van der Waals surface area contributed by atoms with Gasteiger partial charge >= 0.3 is 8.60 Å². The summed E-state index contributed by atoms with van der Waals surface area (Å²) in [5, 5.41) is 11.2. The lowest BCUT2D eigenvalue weighted by Crippen LogP contribution is -2.20. The Morgan fingerprint density at radius 3 is 2.00 bits per heavy atom. The monoisotopic (exact) mass is 632 g/mol. The van der Waals surface area contributed by atoms with Crippen LogP contribution in [0.3, 0.4) is 0 Å². The normalized spacial score (nSPS) is 14.2. The number of likely N-dealkylation sites (N-methyl/N-ethyl adjacent to an activating group) is 1. The second kappa shape index (κ2) is 32.1. The van der Waals surface area contributed by atoms with Gasteiger partial charge in [-0.1, -0.05) is 52.5 Å². The molecular weight excluding hydrogens is 567 g/mol. The van der Waals surface area contributed by atoms with Gasteiger partial charge in [-0.15, -0.1) is 0 Å². The summed E-state index contributed by atoms with van der Waals surface area (Å²) in [5.41, 5.74) is 1.01. The van der Waals surface area contributed by atoms with Crippen molar-refractivity contribution in [1.29, 1.82) is 0 Å². The molecule has 3 rings (SSSR count). The summed E-state index contributed by atoms with van der Waals surface area (Å²) >= 11 is 0. The van der Waals surface area contributed by atoms with Gasteiger partial charge in [0.1, 0.15) is 25.6 Å². The minimum absolute atomic E-state index is 0.167.